The van der Waals surface area contributed by atoms with Crippen LogP contribution in [0.4, 0.5) is 0 Å². The molecule has 1 amide bonds. The lowest BCUT2D eigenvalue weighted by molar-refractivity contribution is -0.121. The predicted molar refractivity (Wildman–Crippen MR) is 107 cm³/mol. The molecule has 4 rings (SSSR count). The van der Waals surface area contributed by atoms with E-state index in [-0.39, 0.29) is 24.5 Å². The van der Waals surface area contributed by atoms with Gasteiger partial charge < -0.3 is 14.8 Å². The van der Waals surface area contributed by atoms with Crippen LogP contribution in [-0.4, -0.2) is 29.9 Å². The van der Waals surface area contributed by atoms with Gasteiger partial charge in [0.05, 0.1) is 30.0 Å². The number of nitrogens with zero attached hydrogens (tertiary/aromatic N) is 1. The second kappa shape index (κ2) is 8.39. The second-order valence-corrected chi connectivity index (χ2v) is 7.60. The smallest absolute Gasteiger partial charge is 0.220 e. The number of carbonyl (C=O) groups excluding carboxylic acids is 2. The van der Waals surface area contributed by atoms with E-state index in [2.05, 4.69) is 10.3 Å². The van der Waals surface area contributed by atoms with Gasteiger partial charge >= 0.3 is 0 Å². The number of para-hydroxylation sites is 1. The van der Waals surface area contributed by atoms with Crippen LogP contribution < -0.4 is 14.8 Å². The van der Waals surface area contributed by atoms with Crippen molar-refractivity contribution in [1.82, 2.24) is 10.3 Å². The van der Waals surface area contributed by atoms with E-state index in [4.69, 9.17) is 9.47 Å². The molecule has 3 aromatic rings. The van der Waals surface area contributed by atoms with Crippen molar-refractivity contribution in [3.8, 4) is 11.5 Å². The molecule has 0 radical (unpaired) electrons. The first kappa shape index (κ1) is 18.4. The zero-order valence-electron chi connectivity index (χ0n) is 15.3. The van der Waals surface area contributed by atoms with E-state index in [1.165, 1.54) is 0 Å². The molecule has 0 saturated carbocycles. The van der Waals surface area contributed by atoms with Gasteiger partial charge in [-0.25, -0.2) is 4.98 Å². The van der Waals surface area contributed by atoms with Crippen molar-refractivity contribution >= 4 is 33.2 Å². The van der Waals surface area contributed by atoms with E-state index in [9.17, 15) is 9.59 Å². The Kier molecular flexibility index (Phi) is 5.53. The normalized spacial score (nSPS) is 13.1. The average molecular weight is 396 g/mol. The molecule has 6 nitrogen and oxygen atoms in total. The Morgan fingerprint density at radius 2 is 1.86 bits per heavy atom. The summed E-state index contributed by atoms with van der Waals surface area (Å²) in [5, 5.41) is 3.69. The molecule has 1 N–H and O–H groups in total. The summed E-state index contributed by atoms with van der Waals surface area (Å²) in [7, 11) is 0. The quantitative estimate of drug-likeness (QED) is 0.643. The lowest BCUT2D eigenvalue weighted by Gasteiger charge is -2.09. The average Bonchev–Trinajstić information content (AvgIpc) is 2.99. The summed E-state index contributed by atoms with van der Waals surface area (Å²) in [5.41, 5.74) is 1.46. The van der Waals surface area contributed by atoms with Gasteiger partial charge in [-0.1, -0.05) is 12.1 Å². The van der Waals surface area contributed by atoms with Crippen molar-refractivity contribution in [3.63, 3.8) is 0 Å². The molecule has 0 atom stereocenters. The summed E-state index contributed by atoms with van der Waals surface area (Å²) >= 11 is 1.56. The van der Waals surface area contributed by atoms with Gasteiger partial charge in [-0.2, -0.15) is 0 Å². The largest absolute Gasteiger partial charge is 0.490 e. The topological polar surface area (TPSA) is 77.5 Å². The minimum atomic E-state index is -0.165. The van der Waals surface area contributed by atoms with Crippen molar-refractivity contribution in [3.05, 3.63) is 53.0 Å². The number of aromatic nitrogens is 1. The molecule has 7 heteroatoms. The maximum Gasteiger partial charge on any atom is 0.220 e. The van der Waals surface area contributed by atoms with Gasteiger partial charge in [0.2, 0.25) is 5.91 Å². The van der Waals surface area contributed by atoms with Crippen LogP contribution in [0.25, 0.3) is 10.2 Å². The van der Waals surface area contributed by atoms with Gasteiger partial charge in [-0.05, 0) is 30.3 Å². The summed E-state index contributed by atoms with van der Waals surface area (Å²) in [6.45, 7) is 1.55. The number of hydrogen-bond acceptors (Lipinski definition) is 6. The van der Waals surface area contributed by atoms with Gasteiger partial charge in [0.25, 0.3) is 0 Å². The fourth-order valence-corrected chi connectivity index (χ4v) is 3.87. The molecule has 0 fully saturated rings. The molecule has 28 heavy (non-hydrogen) atoms. The number of ketones is 1. The predicted octanol–water partition coefficient (Wildman–Crippen LogP) is 3.74. The molecule has 2 aromatic carbocycles. The fraction of sp³-hybridized carbons (Fsp3) is 0.286. The number of Topliss-reactive ketones (excluding diaryl/α,β-unsaturated/α-hetero) is 1. The van der Waals surface area contributed by atoms with Gasteiger partial charge in [0.1, 0.15) is 5.01 Å². The van der Waals surface area contributed by atoms with Crippen molar-refractivity contribution in [2.45, 2.75) is 25.8 Å². The van der Waals surface area contributed by atoms with Crippen molar-refractivity contribution in [2.75, 3.05) is 13.2 Å². The van der Waals surface area contributed by atoms with Gasteiger partial charge in [-0.15, -0.1) is 11.3 Å². The SMILES string of the molecule is O=C(CCC(=O)c1ccc2c(c1)OCCCO2)NCc1nc2ccccc2s1. The zero-order chi connectivity index (χ0) is 19.3. The summed E-state index contributed by atoms with van der Waals surface area (Å²) in [5.74, 6) is 0.985. The number of amides is 1. The van der Waals surface area contributed by atoms with E-state index in [0.29, 0.717) is 36.8 Å². The lowest BCUT2D eigenvalue weighted by atomic mass is 10.1. The first-order chi connectivity index (χ1) is 13.7. The minimum Gasteiger partial charge on any atom is -0.490 e. The molecule has 1 aliphatic rings. The third kappa shape index (κ3) is 4.31. The standard InChI is InChI=1S/C21H20N2O4S/c24-16(14-6-8-17-18(12-14)27-11-3-10-26-17)7-9-20(25)22-13-21-23-15-4-1-2-5-19(15)28-21/h1-2,4-6,8,12H,3,7,9-11,13H2,(H,22,25). The lowest BCUT2D eigenvalue weighted by Crippen LogP contribution is -2.23. The number of hydrogen-bond donors (Lipinski definition) is 1. The molecule has 1 aliphatic heterocycles. The number of benzene rings is 2. The molecule has 2 heterocycles. The van der Waals surface area contributed by atoms with Crippen LogP contribution in [0.5, 0.6) is 11.5 Å². The molecule has 1 aromatic heterocycles. The molecule has 0 spiro atoms. The first-order valence-electron chi connectivity index (χ1n) is 9.23. The minimum absolute atomic E-state index is 0.0919. The third-order valence-electron chi connectivity index (χ3n) is 4.42. The second-order valence-electron chi connectivity index (χ2n) is 6.49. The van der Waals surface area contributed by atoms with Gasteiger partial charge in [-0.3, -0.25) is 9.59 Å². The number of nitrogens with one attached hydrogen (secondary N) is 1. The molecule has 144 valence electrons. The molecular weight excluding hydrogens is 376 g/mol. The van der Waals surface area contributed by atoms with Crippen LogP contribution >= 0.6 is 11.3 Å². The van der Waals surface area contributed by atoms with Gasteiger partial charge in [0, 0.05) is 24.8 Å². The Morgan fingerprint density at radius 1 is 1.04 bits per heavy atom. The highest BCUT2D eigenvalue weighted by Gasteiger charge is 2.15. The summed E-state index contributed by atoms with van der Waals surface area (Å²) in [6.07, 6.45) is 1.09. The van der Waals surface area contributed by atoms with Crippen LogP contribution in [0.3, 0.4) is 0 Å². The Bertz CT molecular complexity index is 982. The first-order valence-corrected chi connectivity index (χ1v) is 10.0. The number of ether oxygens (including phenoxy) is 2. The molecule has 0 bridgehead atoms. The summed E-state index contributed by atoms with van der Waals surface area (Å²) in [4.78, 5) is 29.0. The van der Waals surface area contributed by atoms with E-state index in [0.717, 1.165) is 21.6 Å². The van der Waals surface area contributed by atoms with Crippen LogP contribution in [-0.2, 0) is 11.3 Å². The number of carbonyl (C=O) groups is 2. The number of rotatable bonds is 6. The van der Waals surface area contributed by atoms with E-state index >= 15 is 0 Å². The van der Waals surface area contributed by atoms with E-state index < -0.39 is 0 Å². The maximum absolute atomic E-state index is 12.4. The highest BCUT2D eigenvalue weighted by atomic mass is 32.1. The Hall–Kier alpha value is -2.93. The third-order valence-corrected chi connectivity index (χ3v) is 5.46. The van der Waals surface area contributed by atoms with Crippen molar-refractivity contribution in [1.29, 1.82) is 0 Å². The summed E-state index contributed by atoms with van der Waals surface area (Å²) < 4.78 is 12.3. The van der Waals surface area contributed by atoms with E-state index in [1.807, 2.05) is 24.3 Å². The van der Waals surface area contributed by atoms with Crippen LogP contribution in [0, 0.1) is 0 Å². The van der Waals surface area contributed by atoms with Crippen LogP contribution in [0.1, 0.15) is 34.6 Å². The van der Waals surface area contributed by atoms with Crippen molar-refractivity contribution in [2.24, 2.45) is 0 Å². The molecular formula is C21H20N2O4S. The Labute approximate surface area is 166 Å². The van der Waals surface area contributed by atoms with Gasteiger partial charge in [0.15, 0.2) is 17.3 Å². The number of thiazole rings is 1. The van der Waals surface area contributed by atoms with Crippen molar-refractivity contribution < 1.29 is 19.1 Å². The van der Waals surface area contributed by atoms with Crippen LogP contribution in [0.2, 0.25) is 0 Å². The fourth-order valence-electron chi connectivity index (χ4n) is 2.97. The highest BCUT2D eigenvalue weighted by Crippen LogP contribution is 2.30. The maximum atomic E-state index is 12.4. The Morgan fingerprint density at radius 3 is 2.71 bits per heavy atom. The highest BCUT2D eigenvalue weighted by molar-refractivity contribution is 7.18. The molecule has 0 aliphatic carbocycles. The molecule has 0 unspecified atom stereocenters. The number of fused-ring (bicyclic) bond motifs is 2. The molecule has 0 saturated heterocycles. The zero-order valence-corrected chi connectivity index (χ0v) is 16.1. The van der Waals surface area contributed by atoms with E-state index in [1.54, 1.807) is 29.5 Å². The summed E-state index contributed by atoms with van der Waals surface area (Å²) in [6, 6.07) is 13.0. The monoisotopic (exact) mass is 396 g/mol. The van der Waals surface area contributed by atoms with Crippen LogP contribution in [0.15, 0.2) is 42.5 Å². The Balaban J connectivity index is 1.29.